The molecule has 0 spiro atoms. The Morgan fingerprint density at radius 1 is 1.10 bits per heavy atom. The Kier molecular flexibility index (Phi) is 4.44. The zero-order valence-electron chi connectivity index (χ0n) is 7.77. The standard InChI is InChI=1S/C7H19NSSi/c1-6-9(7-2)8-10(3,4)5/h6-7H2,1-5H3. The molecule has 0 aromatic carbocycles. The summed E-state index contributed by atoms with van der Waals surface area (Å²) >= 11 is 0. The number of hydrogen-bond donors (Lipinski definition) is 0. The van der Waals surface area contributed by atoms with Gasteiger partial charge in [0.1, 0.15) is 0 Å². The van der Waals surface area contributed by atoms with Crippen molar-refractivity contribution in [2.24, 2.45) is 4.03 Å². The molecule has 0 bridgehead atoms. The van der Waals surface area contributed by atoms with Crippen molar-refractivity contribution < 1.29 is 0 Å². The third-order valence-corrected chi connectivity index (χ3v) is 5.63. The molecule has 0 aromatic rings. The highest BCUT2D eigenvalue weighted by Gasteiger charge is 2.11. The molecule has 0 rings (SSSR count). The summed E-state index contributed by atoms with van der Waals surface area (Å²) in [7, 11) is -0.746. The number of hydrogen-bond acceptors (Lipinski definition) is 1. The van der Waals surface area contributed by atoms with Crippen molar-refractivity contribution in [3.63, 3.8) is 0 Å². The van der Waals surface area contributed by atoms with Crippen molar-refractivity contribution >= 4 is 18.9 Å². The summed E-state index contributed by atoms with van der Waals surface area (Å²) < 4.78 is 4.81. The zero-order valence-corrected chi connectivity index (χ0v) is 9.59. The largest absolute Gasteiger partial charge is 0.304 e. The van der Waals surface area contributed by atoms with Gasteiger partial charge >= 0.3 is 0 Å². The molecule has 0 fully saturated rings. The van der Waals surface area contributed by atoms with Gasteiger partial charge in [-0.05, 0) is 19.6 Å². The summed E-state index contributed by atoms with van der Waals surface area (Å²) in [6, 6.07) is 0. The second-order valence-electron chi connectivity index (χ2n) is 3.30. The summed E-state index contributed by atoms with van der Waals surface area (Å²) in [4.78, 5) is 0. The van der Waals surface area contributed by atoms with Gasteiger partial charge in [-0.1, -0.05) is 13.8 Å². The summed E-state index contributed by atoms with van der Waals surface area (Å²) in [5, 5.41) is 0. The van der Waals surface area contributed by atoms with Gasteiger partial charge in [-0.15, -0.1) is 10.7 Å². The SMILES string of the molecule is CCS(CC)=N[Si](C)(C)C. The van der Waals surface area contributed by atoms with Crippen LogP contribution in [0, 0.1) is 0 Å². The van der Waals surface area contributed by atoms with E-state index in [2.05, 4.69) is 33.5 Å². The molecule has 10 heavy (non-hydrogen) atoms. The average molecular weight is 177 g/mol. The fourth-order valence-electron chi connectivity index (χ4n) is 0.721. The van der Waals surface area contributed by atoms with Crippen LogP contribution in [0.15, 0.2) is 4.03 Å². The Balaban J connectivity index is 4.11. The van der Waals surface area contributed by atoms with E-state index in [0.29, 0.717) is 10.7 Å². The molecule has 0 N–H and O–H groups in total. The van der Waals surface area contributed by atoms with E-state index in [1.807, 2.05) is 0 Å². The molecule has 0 heterocycles. The van der Waals surface area contributed by atoms with Gasteiger partial charge < -0.3 is 4.03 Å². The molecule has 0 saturated carbocycles. The van der Waals surface area contributed by atoms with E-state index in [9.17, 15) is 0 Å². The lowest BCUT2D eigenvalue weighted by atomic mass is 11.0. The van der Waals surface area contributed by atoms with Gasteiger partial charge in [0.05, 0.1) is 0 Å². The van der Waals surface area contributed by atoms with Crippen LogP contribution >= 0.6 is 0 Å². The van der Waals surface area contributed by atoms with Crippen molar-refractivity contribution in [2.45, 2.75) is 33.5 Å². The fraction of sp³-hybridized carbons (Fsp3) is 1.00. The molecule has 1 nitrogen and oxygen atoms in total. The van der Waals surface area contributed by atoms with Crippen molar-refractivity contribution in [2.75, 3.05) is 11.5 Å². The van der Waals surface area contributed by atoms with Crippen LogP contribution in [0.4, 0.5) is 0 Å². The summed E-state index contributed by atoms with van der Waals surface area (Å²) in [5.74, 6) is 2.47. The molecule has 0 aliphatic heterocycles. The second kappa shape index (κ2) is 4.29. The van der Waals surface area contributed by atoms with Crippen molar-refractivity contribution in [1.82, 2.24) is 0 Å². The van der Waals surface area contributed by atoms with E-state index in [1.54, 1.807) is 0 Å². The molecule has 0 atom stereocenters. The Hall–Kier alpha value is 0.367. The van der Waals surface area contributed by atoms with Gasteiger partial charge in [0, 0.05) is 11.5 Å². The fourth-order valence-corrected chi connectivity index (χ4v) is 5.26. The maximum atomic E-state index is 4.81. The molecule has 0 aliphatic carbocycles. The zero-order chi connectivity index (χ0) is 8.20. The lowest BCUT2D eigenvalue weighted by molar-refractivity contribution is 1.42. The lowest BCUT2D eigenvalue weighted by Crippen LogP contribution is -2.18. The maximum Gasteiger partial charge on any atom is 0.181 e. The van der Waals surface area contributed by atoms with E-state index in [0.717, 1.165) is 0 Å². The summed E-state index contributed by atoms with van der Waals surface area (Å²) in [6.07, 6.45) is 0. The third kappa shape index (κ3) is 5.18. The smallest absolute Gasteiger partial charge is 0.181 e. The minimum atomic E-state index is -1.12. The van der Waals surface area contributed by atoms with E-state index >= 15 is 0 Å². The van der Waals surface area contributed by atoms with E-state index in [4.69, 9.17) is 4.03 Å². The minimum Gasteiger partial charge on any atom is -0.304 e. The molecular weight excluding hydrogens is 158 g/mol. The predicted molar refractivity (Wildman–Crippen MR) is 54.2 cm³/mol. The van der Waals surface area contributed by atoms with Crippen LogP contribution in [0.25, 0.3) is 0 Å². The van der Waals surface area contributed by atoms with Gasteiger partial charge in [-0.2, -0.15) is 0 Å². The van der Waals surface area contributed by atoms with Crippen molar-refractivity contribution in [1.29, 1.82) is 0 Å². The van der Waals surface area contributed by atoms with Crippen LogP contribution in [-0.4, -0.2) is 19.7 Å². The predicted octanol–water partition coefficient (Wildman–Crippen LogP) is 2.66. The summed E-state index contributed by atoms with van der Waals surface area (Å²) in [5.41, 5.74) is 0. The van der Waals surface area contributed by atoms with Gasteiger partial charge in [0.15, 0.2) is 8.24 Å². The van der Waals surface area contributed by atoms with Crippen LogP contribution < -0.4 is 0 Å². The first kappa shape index (κ1) is 10.4. The Morgan fingerprint density at radius 3 is 1.60 bits per heavy atom. The van der Waals surface area contributed by atoms with Gasteiger partial charge in [0.2, 0.25) is 0 Å². The van der Waals surface area contributed by atoms with E-state index < -0.39 is 8.24 Å². The highest BCUT2D eigenvalue weighted by atomic mass is 32.2. The van der Waals surface area contributed by atoms with Crippen molar-refractivity contribution in [3.8, 4) is 0 Å². The molecular formula is C7H19NSSi. The number of nitrogens with zero attached hydrogens (tertiary/aromatic N) is 1. The van der Waals surface area contributed by atoms with E-state index in [1.165, 1.54) is 11.5 Å². The van der Waals surface area contributed by atoms with Gasteiger partial charge in [-0.25, -0.2) is 0 Å². The Bertz CT molecular complexity index is 120. The highest BCUT2D eigenvalue weighted by Crippen LogP contribution is 2.05. The van der Waals surface area contributed by atoms with E-state index in [-0.39, 0.29) is 0 Å². The first-order valence-electron chi connectivity index (χ1n) is 3.90. The number of rotatable bonds is 3. The molecule has 0 aromatic heterocycles. The third-order valence-electron chi connectivity index (χ3n) is 1.07. The molecule has 3 heteroatoms. The molecule has 0 radical (unpaired) electrons. The average Bonchev–Trinajstić information content (AvgIpc) is 1.81. The summed E-state index contributed by atoms with van der Waals surface area (Å²) in [6.45, 7) is 11.4. The topological polar surface area (TPSA) is 12.4 Å². The van der Waals surface area contributed by atoms with Crippen LogP contribution in [0.1, 0.15) is 13.8 Å². The van der Waals surface area contributed by atoms with Crippen LogP contribution in [-0.2, 0) is 10.7 Å². The lowest BCUT2D eigenvalue weighted by Gasteiger charge is -2.12. The molecule has 0 aliphatic rings. The first-order chi connectivity index (χ1) is 4.49. The minimum absolute atomic E-state index is 0.379. The first-order valence-corrected chi connectivity index (χ1v) is 8.86. The molecule has 0 amide bonds. The quantitative estimate of drug-likeness (QED) is 0.588. The van der Waals surface area contributed by atoms with Crippen LogP contribution in [0.5, 0.6) is 0 Å². The maximum absolute atomic E-state index is 4.81. The van der Waals surface area contributed by atoms with Gasteiger partial charge in [-0.3, -0.25) is 0 Å². The molecule has 0 saturated heterocycles. The van der Waals surface area contributed by atoms with Gasteiger partial charge in [0.25, 0.3) is 0 Å². The Morgan fingerprint density at radius 2 is 1.50 bits per heavy atom. The highest BCUT2D eigenvalue weighted by molar-refractivity contribution is 7.88. The second-order valence-corrected chi connectivity index (χ2v) is 10.5. The normalized spacial score (nSPS) is 12.2. The monoisotopic (exact) mass is 177 g/mol. The molecule has 0 unspecified atom stereocenters. The van der Waals surface area contributed by atoms with Crippen LogP contribution in [0.3, 0.4) is 0 Å². The Labute approximate surface area is 68.4 Å². The van der Waals surface area contributed by atoms with Crippen molar-refractivity contribution in [3.05, 3.63) is 0 Å². The van der Waals surface area contributed by atoms with Crippen LogP contribution in [0.2, 0.25) is 19.6 Å². The molecule has 62 valence electrons.